The number of ether oxygens (including phenoxy) is 1. The molecule has 0 radical (unpaired) electrons. The van der Waals surface area contributed by atoms with Gasteiger partial charge in [0.05, 0.1) is 23.8 Å². The number of hydrogen-bond acceptors (Lipinski definition) is 3. The molecule has 0 spiro atoms. The molecule has 2 rings (SSSR count). The van der Waals surface area contributed by atoms with Crippen molar-refractivity contribution in [3.05, 3.63) is 45.7 Å². The van der Waals surface area contributed by atoms with Crippen LogP contribution in [0.1, 0.15) is 24.2 Å². The minimum Gasteiger partial charge on any atom is -0.493 e. The fourth-order valence-corrected chi connectivity index (χ4v) is 2.79. The molecule has 0 bridgehead atoms. The number of benzene rings is 1. The van der Waals surface area contributed by atoms with E-state index < -0.39 is 11.6 Å². The Labute approximate surface area is 130 Å². The van der Waals surface area contributed by atoms with Crippen LogP contribution in [-0.2, 0) is 7.05 Å². The number of aromatic nitrogens is 2. The smallest absolute Gasteiger partial charge is 0.173 e. The van der Waals surface area contributed by atoms with Crippen molar-refractivity contribution in [2.24, 2.45) is 7.05 Å². The molecule has 0 saturated heterocycles. The molecule has 114 valence electrons. The third kappa shape index (κ3) is 2.94. The summed E-state index contributed by atoms with van der Waals surface area (Å²) in [4.78, 5) is 0. The monoisotopic (exact) mass is 359 g/mol. The van der Waals surface area contributed by atoms with Gasteiger partial charge >= 0.3 is 0 Å². The Kier molecular flexibility index (Phi) is 4.95. The van der Waals surface area contributed by atoms with Gasteiger partial charge in [0, 0.05) is 7.05 Å². The Bertz CT molecular complexity index is 645. The van der Waals surface area contributed by atoms with E-state index in [1.807, 2.05) is 6.92 Å². The summed E-state index contributed by atoms with van der Waals surface area (Å²) >= 11 is 3.13. The van der Waals surface area contributed by atoms with Crippen LogP contribution < -0.4 is 10.1 Å². The molecule has 0 amide bonds. The average Bonchev–Trinajstić information content (AvgIpc) is 2.84. The van der Waals surface area contributed by atoms with Crippen LogP contribution in [0.5, 0.6) is 5.75 Å². The van der Waals surface area contributed by atoms with Crippen molar-refractivity contribution in [2.45, 2.75) is 13.0 Å². The lowest BCUT2D eigenvalue weighted by molar-refractivity contribution is 0.400. The first-order valence-electron chi connectivity index (χ1n) is 6.43. The number of rotatable bonds is 5. The van der Waals surface area contributed by atoms with E-state index in [2.05, 4.69) is 26.3 Å². The predicted octanol–water partition coefficient (Wildman–Crippen LogP) is 3.17. The van der Waals surface area contributed by atoms with Crippen LogP contribution in [0.4, 0.5) is 8.78 Å². The lowest BCUT2D eigenvalue weighted by Gasteiger charge is -2.21. The van der Waals surface area contributed by atoms with Gasteiger partial charge in [-0.25, -0.2) is 8.78 Å². The molecule has 0 aliphatic carbocycles. The molecule has 1 N–H and O–H groups in total. The molecule has 1 unspecified atom stereocenters. The molecule has 0 saturated carbocycles. The Morgan fingerprint density at radius 1 is 1.43 bits per heavy atom. The van der Waals surface area contributed by atoms with Gasteiger partial charge < -0.3 is 10.1 Å². The number of halogens is 3. The Hall–Kier alpha value is -1.47. The Morgan fingerprint density at radius 2 is 2.14 bits per heavy atom. The van der Waals surface area contributed by atoms with E-state index in [1.54, 1.807) is 31.1 Å². The van der Waals surface area contributed by atoms with E-state index in [1.165, 1.54) is 0 Å². The third-order valence-electron chi connectivity index (χ3n) is 3.23. The van der Waals surface area contributed by atoms with Gasteiger partial charge in [-0.05, 0) is 34.1 Å². The molecular formula is C14H16BrF2N3O. The van der Waals surface area contributed by atoms with Crippen LogP contribution in [0.15, 0.2) is 22.8 Å². The van der Waals surface area contributed by atoms with Crippen molar-refractivity contribution >= 4 is 15.9 Å². The highest BCUT2D eigenvalue weighted by Gasteiger charge is 2.25. The first-order chi connectivity index (χ1) is 10.0. The minimum atomic E-state index is -0.906. The molecule has 1 atom stereocenters. The average molecular weight is 360 g/mol. The lowest BCUT2D eigenvalue weighted by Crippen LogP contribution is -2.25. The molecule has 1 heterocycles. The minimum absolute atomic E-state index is 0.0942. The second-order valence-corrected chi connectivity index (χ2v) is 5.27. The van der Waals surface area contributed by atoms with E-state index in [0.29, 0.717) is 17.9 Å². The number of nitrogens with one attached hydrogen (secondary N) is 1. The van der Waals surface area contributed by atoms with Gasteiger partial charge in [-0.1, -0.05) is 13.0 Å². The summed E-state index contributed by atoms with van der Waals surface area (Å²) < 4.78 is 34.2. The molecule has 21 heavy (non-hydrogen) atoms. The summed E-state index contributed by atoms with van der Waals surface area (Å²) in [6, 6.07) is 2.28. The van der Waals surface area contributed by atoms with Crippen molar-refractivity contribution < 1.29 is 13.5 Å². The quantitative estimate of drug-likeness (QED) is 0.833. The number of nitrogens with zero attached hydrogens (tertiary/aromatic N) is 2. The van der Waals surface area contributed by atoms with Crippen LogP contribution >= 0.6 is 15.9 Å². The number of methoxy groups -OCH3 is 1. The van der Waals surface area contributed by atoms with E-state index in [-0.39, 0.29) is 10.5 Å². The maximum Gasteiger partial charge on any atom is 0.173 e. The van der Waals surface area contributed by atoms with Crippen molar-refractivity contribution in [1.29, 1.82) is 0 Å². The van der Waals surface area contributed by atoms with Gasteiger partial charge in [0.15, 0.2) is 17.4 Å². The maximum absolute atomic E-state index is 13.8. The highest BCUT2D eigenvalue weighted by atomic mass is 79.9. The second-order valence-electron chi connectivity index (χ2n) is 4.48. The van der Waals surface area contributed by atoms with Gasteiger partial charge in [0.25, 0.3) is 0 Å². The largest absolute Gasteiger partial charge is 0.493 e. The zero-order valence-electron chi connectivity index (χ0n) is 12.0. The molecule has 0 aliphatic heterocycles. The summed E-state index contributed by atoms with van der Waals surface area (Å²) in [5, 5.41) is 7.40. The fourth-order valence-electron chi connectivity index (χ4n) is 2.24. The number of hydrogen-bond donors (Lipinski definition) is 1. The topological polar surface area (TPSA) is 39.1 Å². The van der Waals surface area contributed by atoms with E-state index in [0.717, 1.165) is 11.8 Å². The summed E-state index contributed by atoms with van der Waals surface area (Å²) in [7, 11) is 3.32. The molecule has 1 aromatic heterocycles. The molecule has 2 aromatic rings. The normalized spacial score (nSPS) is 12.5. The van der Waals surface area contributed by atoms with Crippen molar-refractivity contribution in [2.75, 3.05) is 13.7 Å². The maximum atomic E-state index is 13.8. The summed E-state index contributed by atoms with van der Waals surface area (Å²) in [6.07, 6.45) is 1.59. The van der Waals surface area contributed by atoms with Crippen molar-refractivity contribution in [1.82, 2.24) is 15.1 Å². The zero-order chi connectivity index (χ0) is 15.6. The molecule has 4 nitrogen and oxygen atoms in total. The molecule has 0 aliphatic rings. The third-order valence-corrected chi connectivity index (χ3v) is 4.03. The molecule has 1 aromatic carbocycles. The predicted molar refractivity (Wildman–Crippen MR) is 79.3 cm³/mol. The Balaban J connectivity index is 2.59. The standard InChI is InChI=1S/C14H16BrF2N3O/c1-4-18-13(14-10(21-3)7-19-20(14)2)8-5-6-9(16)12(17)11(8)15/h5-7,13,18H,4H2,1-3H3. The second kappa shape index (κ2) is 6.53. The molecular weight excluding hydrogens is 344 g/mol. The van der Waals surface area contributed by atoms with Gasteiger partial charge in [-0.3, -0.25) is 4.68 Å². The van der Waals surface area contributed by atoms with Crippen LogP contribution in [0, 0.1) is 11.6 Å². The first-order valence-corrected chi connectivity index (χ1v) is 7.23. The van der Waals surface area contributed by atoms with Crippen LogP contribution in [0.25, 0.3) is 0 Å². The molecule has 0 fully saturated rings. The van der Waals surface area contributed by atoms with Crippen molar-refractivity contribution in [3.8, 4) is 5.75 Å². The summed E-state index contributed by atoms with van der Waals surface area (Å²) in [5.74, 6) is -1.21. The highest BCUT2D eigenvalue weighted by molar-refractivity contribution is 9.10. The fraction of sp³-hybridized carbons (Fsp3) is 0.357. The first kappa shape index (κ1) is 15.9. The SMILES string of the molecule is CCNC(c1ccc(F)c(F)c1Br)c1c(OC)cnn1C. The van der Waals surface area contributed by atoms with Gasteiger partial charge in [0.2, 0.25) is 0 Å². The molecule has 7 heteroatoms. The highest BCUT2D eigenvalue weighted by Crippen LogP contribution is 2.35. The van der Waals surface area contributed by atoms with Crippen molar-refractivity contribution in [3.63, 3.8) is 0 Å². The zero-order valence-corrected chi connectivity index (χ0v) is 13.5. The van der Waals surface area contributed by atoms with Crippen LogP contribution in [-0.4, -0.2) is 23.4 Å². The van der Waals surface area contributed by atoms with Gasteiger partial charge in [-0.15, -0.1) is 0 Å². The van der Waals surface area contributed by atoms with E-state index >= 15 is 0 Å². The summed E-state index contributed by atoms with van der Waals surface area (Å²) in [5.41, 5.74) is 1.32. The van der Waals surface area contributed by atoms with E-state index in [4.69, 9.17) is 4.74 Å². The lowest BCUT2D eigenvalue weighted by atomic mass is 10.0. The van der Waals surface area contributed by atoms with Gasteiger partial charge in [-0.2, -0.15) is 5.10 Å². The van der Waals surface area contributed by atoms with Gasteiger partial charge in [0.1, 0.15) is 5.69 Å². The van der Waals surface area contributed by atoms with Crippen LogP contribution in [0.3, 0.4) is 0 Å². The summed E-state index contributed by atoms with van der Waals surface area (Å²) in [6.45, 7) is 2.58. The Morgan fingerprint density at radius 3 is 2.76 bits per heavy atom. The van der Waals surface area contributed by atoms with E-state index in [9.17, 15) is 8.78 Å². The number of aryl methyl sites for hydroxylation is 1. The van der Waals surface area contributed by atoms with Crippen LogP contribution in [0.2, 0.25) is 0 Å².